The smallest absolute Gasteiger partial charge is 0.335 e. The van der Waals surface area contributed by atoms with E-state index in [1.165, 1.54) is 17.0 Å². The van der Waals surface area contributed by atoms with Gasteiger partial charge in [0.15, 0.2) is 0 Å². The minimum atomic E-state index is -0.981. The van der Waals surface area contributed by atoms with Crippen LogP contribution in [0.3, 0.4) is 0 Å². The van der Waals surface area contributed by atoms with E-state index in [-0.39, 0.29) is 5.56 Å². The van der Waals surface area contributed by atoms with Gasteiger partial charge in [0.1, 0.15) is 0 Å². The molecular formula is C22H15NO2S. The molecule has 0 bridgehead atoms. The second-order valence-electron chi connectivity index (χ2n) is 5.54. The van der Waals surface area contributed by atoms with Gasteiger partial charge in [0.05, 0.1) is 17.2 Å². The van der Waals surface area contributed by atoms with Gasteiger partial charge in [0.2, 0.25) is 0 Å². The van der Waals surface area contributed by atoms with Crippen molar-refractivity contribution in [3.63, 3.8) is 0 Å². The average Bonchev–Trinajstić information content (AvgIpc) is 2.68. The fourth-order valence-corrected chi connectivity index (χ4v) is 3.23. The molecule has 0 heterocycles. The molecule has 0 unspecified atom stereocenters. The molecule has 3 aromatic rings. The number of allylic oxidation sites excluding steroid dienone is 1. The molecule has 0 aliphatic carbocycles. The number of aromatic carboxylic acids is 1. The van der Waals surface area contributed by atoms with Crippen LogP contribution in [-0.2, 0) is 0 Å². The molecule has 4 heteroatoms. The molecule has 0 saturated carbocycles. The maximum Gasteiger partial charge on any atom is 0.335 e. The van der Waals surface area contributed by atoms with Crippen molar-refractivity contribution in [2.24, 2.45) is 0 Å². The third-order valence-electron chi connectivity index (χ3n) is 3.73. The summed E-state index contributed by atoms with van der Waals surface area (Å²) in [6, 6.07) is 26.6. The summed E-state index contributed by atoms with van der Waals surface area (Å²) in [5.41, 5.74) is 2.31. The Morgan fingerprint density at radius 3 is 2.00 bits per heavy atom. The Morgan fingerprint density at radius 2 is 1.42 bits per heavy atom. The molecule has 3 aromatic carbocycles. The van der Waals surface area contributed by atoms with E-state index >= 15 is 0 Å². The maximum absolute atomic E-state index is 10.9. The van der Waals surface area contributed by atoms with Gasteiger partial charge in [-0.05, 0) is 53.6 Å². The number of carbonyl (C=O) groups is 1. The lowest BCUT2D eigenvalue weighted by molar-refractivity contribution is 0.0697. The summed E-state index contributed by atoms with van der Waals surface area (Å²) in [7, 11) is 0. The van der Waals surface area contributed by atoms with E-state index in [2.05, 4.69) is 18.2 Å². The number of nitriles is 1. The van der Waals surface area contributed by atoms with Crippen molar-refractivity contribution >= 4 is 29.4 Å². The molecule has 3 nitrogen and oxygen atoms in total. The largest absolute Gasteiger partial charge is 0.478 e. The first-order valence-electron chi connectivity index (χ1n) is 7.94. The zero-order valence-electron chi connectivity index (χ0n) is 13.8. The summed E-state index contributed by atoms with van der Waals surface area (Å²) in [5, 5.41) is 18.4. The molecule has 0 radical (unpaired) electrons. The summed E-state index contributed by atoms with van der Waals surface area (Å²) in [6.07, 6.45) is 1.80. The van der Waals surface area contributed by atoms with Crippen molar-refractivity contribution in [1.82, 2.24) is 0 Å². The lowest BCUT2D eigenvalue weighted by Crippen LogP contribution is -1.95. The van der Waals surface area contributed by atoms with Gasteiger partial charge in [-0.25, -0.2) is 4.79 Å². The number of carboxylic acid groups (broad SMARTS) is 1. The molecule has 0 spiro atoms. The maximum atomic E-state index is 10.9. The molecule has 0 saturated heterocycles. The third-order valence-corrected chi connectivity index (χ3v) is 4.75. The predicted molar refractivity (Wildman–Crippen MR) is 104 cm³/mol. The zero-order valence-corrected chi connectivity index (χ0v) is 14.6. The van der Waals surface area contributed by atoms with Crippen LogP contribution in [0.25, 0.3) is 11.6 Å². The van der Waals surface area contributed by atoms with Crippen LogP contribution < -0.4 is 0 Å². The van der Waals surface area contributed by atoms with E-state index < -0.39 is 5.97 Å². The van der Waals surface area contributed by atoms with Gasteiger partial charge < -0.3 is 5.11 Å². The first kappa shape index (κ1) is 17.5. The van der Waals surface area contributed by atoms with Crippen LogP contribution in [0.5, 0.6) is 0 Å². The quantitative estimate of drug-likeness (QED) is 0.477. The number of hydrogen-bond acceptors (Lipinski definition) is 3. The van der Waals surface area contributed by atoms with Crippen LogP contribution in [0, 0.1) is 11.3 Å². The number of nitrogens with zero attached hydrogens (tertiary/aromatic N) is 1. The Bertz CT molecular complexity index is 969. The standard InChI is InChI=1S/C22H15NO2S/c23-15-19(17-8-10-18(11-9-17)22(24)25)14-16-6-12-21(13-7-16)26-20-4-2-1-3-5-20/h1-14H,(H,24,25). The first-order valence-corrected chi connectivity index (χ1v) is 8.76. The summed E-state index contributed by atoms with van der Waals surface area (Å²) in [4.78, 5) is 13.2. The van der Waals surface area contributed by atoms with Crippen LogP contribution in [-0.4, -0.2) is 11.1 Å². The SMILES string of the molecule is N#CC(=Cc1ccc(Sc2ccccc2)cc1)c1ccc(C(=O)O)cc1. The highest BCUT2D eigenvalue weighted by atomic mass is 32.2. The summed E-state index contributed by atoms with van der Waals surface area (Å²) in [5.74, 6) is -0.981. The summed E-state index contributed by atoms with van der Waals surface area (Å²) in [6.45, 7) is 0. The Labute approximate surface area is 156 Å². The molecule has 0 amide bonds. The molecule has 0 aliphatic rings. The summed E-state index contributed by atoms with van der Waals surface area (Å²) >= 11 is 1.68. The van der Waals surface area contributed by atoms with Crippen LogP contribution in [0.1, 0.15) is 21.5 Å². The van der Waals surface area contributed by atoms with Crippen molar-refractivity contribution in [3.8, 4) is 6.07 Å². The summed E-state index contributed by atoms with van der Waals surface area (Å²) < 4.78 is 0. The minimum absolute atomic E-state index is 0.202. The van der Waals surface area contributed by atoms with E-state index in [0.717, 1.165) is 10.5 Å². The fourth-order valence-electron chi connectivity index (χ4n) is 2.40. The van der Waals surface area contributed by atoms with Crippen LogP contribution >= 0.6 is 11.8 Å². The van der Waals surface area contributed by atoms with Crippen LogP contribution in [0.15, 0.2) is 88.7 Å². The van der Waals surface area contributed by atoms with Gasteiger partial charge in [0, 0.05) is 9.79 Å². The van der Waals surface area contributed by atoms with E-state index in [4.69, 9.17) is 5.11 Å². The normalized spacial score (nSPS) is 11.0. The zero-order chi connectivity index (χ0) is 18.4. The molecule has 1 N–H and O–H groups in total. The van der Waals surface area contributed by atoms with Gasteiger partial charge in [-0.1, -0.05) is 54.2 Å². The Balaban J connectivity index is 1.79. The number of hydrogen-bond donors (Lipinski definition) is 1. The lowest BCUT2D eigenvalue weighted by atomic mass is 10.0. The van der Waals surface area contributed by atoms with Crippen molar-refractivity contribution in [1.29, 1.82) is 5.26 Å². The van der Waals surface area contributed by atoms with Gasteiger partial charge in [-0.15, -0.1) is 0 Å². The number of rotatable bonds is 5. The van der Waals surface area contributed by atoms with Crippen molar-refractivity contribution < 1.29 is 9.90 Å². The molecule has 0 aliphatic heterocycles. The lowest BCUT2D eigenvalue weighted by Gasteiger charge is -2.03. The van der Waals surface area contributed by atoms with Crippen molar-refractivity contribution in [2.45, 2.75) is 9.79 Å². The van der Waals surface area contributed by atoms with E-state index in [1.54, 1.807) is 30.0 Å². The highest BCUT2D eigenvalue weighted by Crippen LogP contribution is 2.28. The van der Waals surface area contributed by atoms with Crippen LogP contribution in [0.2, 0.25) is 0 Å². The average molecular weight is 357 g/mol. The second kappa shape index (κ2) is 8.19. The second-order valence-corrected chi connectivity index (χ2v) is 6.68. The monoisotopic (exact) mass is 357 g/mol. The Kier molecular flexibility index (Phi) is 5.52. The predicted octanol–water partition coefficient (Wildman–Crippen LogP) is 5.60. The van der Waals surface area contributed by atoms with Gasteiger partial charge in [-0.3, -0.25) is 0 Å². The van der Waals surface area contributed by atoms with Crippen molar-refractivity contribution in [3.05, 3.63) is 95.6 Å². The van der Waals surface area contributed by atoms with Crippen LogP contribution in [0.4, 0.5) is 0 Å². The highest BCUT2D eigenvalue weighted by Gasteiger charge is 2.05. The van der Waals surface area contributed by atoms with Crippen molar-refractivity contribution in [2.75, 3.05) is 0 Å². The molecule has 126 valence electrons. The highest BCUT2D eigenvalue weighted by molar-refractivity contribution is 7.99. The Morgan fingerprint density at radius 1 is 0.846 bits per heavy atom. The van der Waals surface area contributed by atoms with Gasteiger partial charge in [0.25, 0.3) is 0 Å². The molecule has 26 heavy (non-hydrogen) atoms. The van der Waals surface area contributed by atoms with Gasteiger partial charge >= 0.3 is 5.97 Å². The topological polar surface area (TPSA) is 61.1 Å². The fraction of sp³-hybridized carbons (Fsp3) is 0. The molecule has 0 aromatic heterocycles. The third kappa shape index (κ3) is 4.41. The minimum Gasteiger partial charge on any atom is -0.478 e. The number of benzene rings is 3. The van der Waals surface area contributed by atoms with E-state index in [9.17, 15) is 10.1 Å². The molecular weight excluding hydrogens is 342 g/mol. The van der Waals surface area contributed by atoms with E-state index in [0.29, 0.717) is 11.1 Å². The molecule has 3 rings (SSSR count). The molecule has 0 fully saturated rings. The number of carboxylic acids is 1. The van der Waals surface area contributed by atoms with E-state index in [1.807, 2.05) is 42.5 Å². The Hall–Kier alpha value is -3.29. The molecule has 0 atom stereocenters. The first-order chi connectivity index (χ1) is 12.7. The van der Waals surface area contributed by atoms with Gasteiger partial charge in [-0.2, -0.15) is 5.26 Å².